The third-order valence-corrected chi connectivity index (χ3v) is 4.54. The Hall–Kier alpha value is -1.60. The predicted molar refractivity (Wildman–Crippen MR) is 89.9 cm³/mol. The smallest absolute Gasteiger partial charge is 0.340 e. The molecular weight excluding hydrogens is 356 g/mol. The highest BCUT2D eigenvalue weighted by molar-refractivity contribution is 8.13. The molecule has 0 radical (unpaired) electrons. The van der Waals surface area contributed by atoms with Gasteiger partial charge in [-0.15, -0.1) is 0 Å². The van der Waals surface area contributed by atoms with Crippen molar-refractivity contribution in [1.29, 1.82) is 0 Å². The van der Waals surface area contributed by atoms with Gasteiger partial charge in [-0.05, 0) is 25.0 Å². The lowest BCUT2D eigenvalue weighted by Crippen LogP contribution is -2.18. The minimum Gasteiger partial charge on any atom is -0.462 e. The van der Waals surface area contributed by atoms with Crippen LogP contribution in [-0.2, 0) is 18.5 Å². The van der Waals surface area contributed by atoms with Gasteiger partial charge in [0.05, 0.1) is 29.2 Å². The molecule has 0 saturated carbocycles. The average Bonchev–Trinajstić information content (AvgIpc) is 2.53. The second-order valence-corrected chi connectivity index (χ2v) is 7.63. The summed E-state index contributed by atoms with van der Waals surface area (Å²) < 4.78 is 33.6. The number of hydrogen-bond donors (Lipinski definition) is 0. The maximum absolute atomic E-state index is 12.3. The van der Waals surface area contributed by atoms with Crippen LogP contribution >= 0.6 is 10.7 Å². The molecule has 0 heterocycles. The van der Waals surface area contributed by atoms with E-state index in [4.69, 9.17) is 20.2 Å². The lowest BCUT2D eigenvalue weighted by molar-refractivity contribution is 0.0449. The minimum absolute atomic E-state index is 0.121. The summed E-state index contributed by atoms with van der Waals surface area (Å²) in [4.78, 5) is 24.0. The van der Waals surface area contributed by atoms with Crippen LogP contribution in [0.2, 0.25) is 0 Å². The number of esters is 2. The van der Waals surface area contributed by atoms with Gasteiger partial charge in [0, 0.05) is 10.7 Å². The fourth-order valence-electron chi connectivity index (χ4n) is 1.88. The molecule has 0 bridgehead atoms. The van der Waals surface area contributed by atoms with E-state index >= 15 is 0 Å². The Balaban J connectivity index is 3.23. The van der Waals surface area contributed by atoms with Gasteiger partial charge in [0.25, 0.3) is 9.05 Å². The standard InChI is InChI=1S/C16H21ClO6S/c1-3-5-10-22-15(18)12-8-7-9-13(24(17,20)21)14(12)16(19)23-11-6-4-2/h7-9H,3-6,10-11H2,1-2H3. The first-order chi connectivity index (χ1) is 11.3. The number of carbonyl (C=O) groups excluding carboxylic acids is 2. The summed E-state index contributed by atoms with van der Waals surface area (Å²) in [6, 6.07) is 3.80. The molecule has 0 aliphatic carbocycles. The van der Waals surface area contributed by atoms with Crippen LogP contribution in [0.1, 0.15) is 60.2 Å². The highest BCUT2D eigenvalue weighted by Gasteiger charge is 2.28. The summed E-state index contributed by atoms with van der Waals surface area (Å²) in [7, 11) is 1.16. The molecule has 0 spiro atoms. The highest BCUT2D eigenvalue weighted by Crippen LogP contribution is 2.25. The Kier molecular flexibility index (Phi) is 8.21. The van der Waals surface area contributed by atoms with Gasteiger partial charge in [-0.1, -0.05) is 32.8 Å². The number of halogens is 1. The molecule has 0 fully saturated rings. The average molecular weight is 377 g/mol. The van der Waals surface area contributed by atoms with Gasteiger partial charge in [-0.25, -0.2) is 18.0 Å². The van der Waals surface area contributed by atoms with E-state index < -0.39 is 25.9 Å². The van der Waals surface area contributed by atoms with Crippen LogP contribution in [0.5, 0.6) is 0 Å². The van der Waals surface area contributed by atoms with Crippen molar-refractivity contribution >= 4 is 31.7 Å². The van der Waals surface area contributed by atoms with Gasteiger partial charge in [0.2, 0.25) is 0 Å². The quantitative estimate of drug-likeness (QED) is 0.372. The highest BCUT2D eigenvalue weighted by atomic mass is 35.7. The lowest BCUT2D eigenvalue weighted by atomic mass is 10.1. The number of benzene rings is 1. The first-order valence-corrected chi connectivity index (χ1v) is 10.1. The zero-order chi connectivity index (χ0) is 18.2. The molecule has 1 rings (SSSR count). The molecule has 1 aromatic carbocycles. The second-order valence-electron chi connectivity index (χ2n) is 5.10. The summed E-state index contributed by atoms with van der Waals surface area (Å²) >= 11 is 0. The van der Waals surface area contributed by atoms with E-state index in [0.717, 1.165) is 18.9 Å². The summed E-state index contributed by atoms with van der Waals surface area (Å²) in [6.45, 7) is 4.15. The van der Waals surface area contributed by atoms with Crippen molar-refractivity contribution in [3.05, 3.63) is 29.3 Å². The topological polar surface area (TPSA) is 86.7 Å². The van der Waals surface area contributed by atoms with E-state index in [1.54, 1.807) is 0 Å². The number of hydrogen-bond acceptors (Lipinski definition) is 6. The van der Waals surface area contributed by atoms with Gasteiger partial charge in [-0.3, -0.25) is 0 Å². The number of unbranched alkanes of at least 4 members (excludes halogenated alkanes) is 2. The van der Waals surface area contributed by atoms with Gasteiger partial charge in [0.15, 0.2) is 0 Å². The third-order valence-electron chi connectivity index (χ3n) is 3.18. The molecule has 0 aliphatic heterocycles. The van der Waals surface area contributed by atoms with Crippen molar-refractivity contribution < 1.29 is 27.5 Å². The van der Waals surface area contributed by atoms with Crippen molar-refractivity contribution in [2.45, 2.75) is 44.4 Å². The first-order valence-electron chi connectivity index (χ1n) is 7.74. The van der Waals surface area contributed by atoms with Gasteiger partial charge < -0.3 is 9.47 Å². The van der Waals surface area contributed by atoms with Crippen molar-refractivity contribution in [3.8, 4) is 0 Å². The summed E-state index contributed by atoms with van der Waals surface area (Å²) in [5.74, 6) is -1.70. The lowest BCUT2D eigenvalue weighted by Gasteiger charge is -2.12. The summed E-state index contributed by atoms with van der Waals surface area (Å²) in [5, 5.41) is 0. The van der Waals surface area contributed by atoms with Gasteiger partial charge in [0.1, 0.15) is 0 Å². The molecule has 0 aliphatic rings. The van der Waals surface area contributed by atoms with Crippen molar-refractivity contribution in [2.24, 2.45) is 0 Å². The fourth-order valence-corrected chi connectivity index (χ4v) is 2.95. The van der Waals surface area contributed by atoms with E-state index in [0.29, 0.717) is 12.8 Å². The van der Waals surface area contributed by atoms with Crippen LogP contribution < -0.4 is 0 Å². The Morgan fingerprint density at radius 3 is 2.04 bits per heavy atom. The molecule has 134 valence electrons. The van der Waals surface area contributed by atoms with Crippen LogP contribution in [0, 0.1) is 0 Å². The fraction of sp³-hybridized carbons (Fsp3) is 0.500. The van der Waals surface area contributed by atoms with E-state index in [-0.39, 0.29) is 24.3 Å². The van der Waals surface area contributed by atoms with Crippen molar-refractivity contribution in [2.75, 3.05) is 13.2 Å². The first kappa shape index (κ1) is 20.4. The monoisotopic (exact) mass is 376 g/mol. The molecule has 1 aromatic rings. The molecule has 0 unspecified atom stereocenters. The molecule has 0 N–H and O–H groups in total. The maximum atomic E-state index is 12.3. The Morgan fingerprint density at radius 1 is 1.00 bits per heavy atom. The minimum atomic E-state index is -4.23. The van der Waals surface area contributed by atoms with E-state index in [1.165, 1.54) is 12.1 Å². The molecule has 0 saturated heterocycles. The van der Waals surface area contributed by atoms with Gasteiger partial charge in [-0.2, -0.15) is 0 Å². The van der Waals surface area contributed by atoms with Crippen LogP contribution in [0.4, 0.5) is 0 Å². The normalized spacial score (nSPS) is 11.1. The van der Waals surface area contributed by atoms with E-state index in [1.807, 2.05) is 13.8 Å². The molecule has 0 atom stereocenters. The number of carbonyl (C=O) groups is 2. The zero-order valence-electron chi connectivity index (χ0n) is 13.7. The second kappa shape index (κ2) is 9.64. The van der Waals surface area contributed by atoms with Crippen LogP contribution in [-0.4, -0.2) is 33.6 Å². The third kappa shape index (κ3) is 5.79. The van der Waals surface area contributed by atoms with Crippen LogP contribution in [0.3, 0.4) is 0 Å². The van der Waals surface area contributed by atoms with Crippen molar-refractivity contribution in [3.63, 3.8) is 0 Å². The largest absolute Gasteiger partial charge is 0.462 e. The number of ether oxygens (including phenoxy) is 2. The maximum Gasteiger partial charge on any atom is 0.340 e. The molecule has 24 heavy (non-hydrogen) atoms. The van der Waals surface area contributed by atoms with Crippen LogP contribution in [0.15, 0.2) is 23.1 Å². The van der Waals surface area contributed by atoms with Crippen molar-refractivity contribution in [1.82, 2.24) is 0 Å². The Labute approximate surface area is 146 Å². The van der Waals surface area contributed by atoms with Gasteiger partial charge >= 0.3 is 11.9 Å². The molecule has 8 heteroatoms. The van der Waals surface area contributed by atoms with Crippen LogP contribution in [0.25, 0.3) is 0 Å². The molecule has 0 amide bonds. The summed E-state index contributed by atoms with van der Waals surface area (Å²) in [6.07, 6.45) is 2.91. The Morgan fingerprint density at radius 2 is 1.54 bits per heavy atom. The molecular formula is C16H21ClO6S. The Bertz CT molecular complexity index is 684. The molecule has 0 aromatic heterocycles. The summed E-state index contributed by atoms with van der Waals surface area (Å²) in [5.41, 5.74) is -0.556. The number of rotatable bonds is 9. The predicted octanol–water partition coefficient (Wildman–Crippen LogP) is 3.53. The zero-order valence-corrected chi connectivity index (χ0v) is 15.3. The van der Waals surface area contributed by atoms with E-state index in [9.17, 15) is 18.0 Å². The van der Waals surface area contributed by atoms with E-state index in [2.05, 4.69) is 0 Å². The molecule has 6 nitrogen and oxygen atoms in total. The SMILES string of the molecule is CCCCOC(=O)c1cccc(S(=O)(=O)Cl)c1C(=O)OCCCC.